The molecule has 0 radical (unpaired) electrons. The Bertz CT molecular complexity index is 551. The maximum atomic E-state index is 6.56. The largest absolute Gasteiger partial charge is 0.494 e. The fourth-order valence-electron chi connectivity index (χ4n) is 2.17. The second-order valence-corrected chi connectivity index (χ2v) is 5.55. The Hall–Kier alpha value is -1.47. The minimum absolute atomic E-state index is 0.0266. The Labute approximate surface area is 126 Å². The zero-order valence-corrected chi connectivity index (χ0v) is 12.9. The van der Waals surface area contributed by atoms with Gasteiger partial charge in [0.2, 0.25) is 0 Å². The fourth-order valence-corrected chi connectivity index (χ4v) is 2.47. The van der Waals surface area contributed by atoms with Crippen LogP contribution < -0.4 is 4.74 Å². The number of benzene rings is 2. The number of hydrogen-bond donors (Lipinski definition) is 0. The summed E-state index contributed by atoms with van der Waals surface area (Å²) in [5.41, 5.74) is 3.70. The Morgan fingerprint density at radius 2 is 1.90 bits per heavy atom. The van der Waals surface area contributed by atoms with Crippen molar-refractivity contribution in [1.29, 1.82) is 0 Å². The summed E-state index contributed by atoms with van der Waals surface area (Å²) in [6.07, 6.45) is 1.85. The molecule has 0 saturated heterocycles. The van der Waals surface area contributed by atoms with Crippen LogP contribution in [0.5, 0.6) is 5.75 Å². The van der Waals surface area contributed by atoms with Gasteiger partial charge in [0, 0.05) is 0 Å². The average molecular weight is 289 g/mol. The third kappa shape index (κ3) is 4.01. The van der Waals surface area contributed by atoms with E-state index in [0.29, 0.717) is 0 Å². The lowest BCUT2D eigenvalue weighted by atomic mass is 10.00. The molecule has 2 rings (SSSR count). The van der Waals surface area contributed by atoms with Crippen LogP contribution in [0.2, 0.25) is 0 Å². The van der Waals surface area contributed by atoms with Crippen molar-refractivity contribution in [3.63, 3.8) is 0 Å². The van der Waals surface area contributed by atoms with E-state index in [0.717, 1.165) is 30.8 Å². The van der Waals surface area contributed by atoms with Crippen LogP contribution in [-0.2, 0) is 6.42 Å². The Morgan fingerprint density at radius 3 is 2.65 bits per heavy atom. The van der Waals surface area contributed by atoms with Gasteiger partial charge in [-0.2, -0.15) is 0 Å². The first kappa shape index (κ1) is 14.9. The van der Waals surface area contributed by atoms with E-state index in [1.807, 2.05) is 18.2 Å². The molecule has 0 aromatic heterocycles. The van der Waals surface area contributed by atoms with Gasteiger partial charge >= 0.3 is 0 Å². The molecule has 2 heteroatoms. The molecule has 0 fully saturated rings. The van der Waals surface area contributed by atoms with E-state index >= 15 is 0 Å². The van der Waals surface area contributed by atoms with E-state index in [-0.39, 0.29) is 5.38 Å². The highest BCUT2D eigenvalue weighted by molar-refractivity contribution is 6.20. The normalized spacial score (nSPS) is 12.2. The minimum atomic E-state index is -0.0266. The Kier molecular flexibility index (Phi) is 5.49. The number of ether oxygens (including phenoxy) is 1. The number of alkyl halides is 1. The molecule has 0 heterocycles. The summed E-state index contributed by atoms with van der Waals surface area (Å²) in [6.45, 7) is 4.97. The van der Waals surface area contributed by atoms with Crippen LogP contribution in [0.4, 0.5) is 0 Å². The molecule has 0 spiro atoms. The fraction of sp³-hybridized carbons (Fsp3) is 0.333. The summed E-state index contributed by atoms with van der Waals surface area (Å²) in [5.74, 6) is 0.903. The Morgan fingerprint density at radius 1 is 1.10 bits per heavy atom. The molecule has 1 atom stereocenters. The first-order valence-corrected chi connectivity index (χ1v) is 7.55. The molecule has 1 unspecified atom stereocenters. The number of hydrogen-bond acceptors (Lipinski definition) is 1. The van der Waals surface area contributed by atoms with Gasteiger partial charge in [0.1, 0.15) is 5.75 Å². The van der Waals surface area contributed by atoms with Gasteiger partial charge < -0.3 is 4.74 Å². The molecule has 1 nitrogen and oxygen atoms in total. The minimum Gasteiger partial charge on any atom is -0.494 e. The van der Waals surface area contributed by atoms with E-state index in [1.165, 1.54) is 11.1 Å². The van der Waals surface area contributed by atoms with Crippen molar-refractivity contribution < 1.29 is 4.74 Å². The molecule has 2 aromatic carbocycles. The van der Waals surface area contributed by atoms with Crippen molar-refractivity contribution in [1.82, 2.24) is 0 Å². The van der Waals surface area contributed by atoms with Crippen molar-refractivity contribution >= 4 is 11.6 Å². The highest BCUT2D eigenvalue weighted by atomic mass is 35.5. The standard InChI is InChI=1S/C18H21ClO/c1-3-11-20-17-10-6-9-16(12-17)18(19)13-15-8-5-4-7-14(15)2/h4-10,12,18H,3,11,13H2,1-2H3. The second-order valence-electron chi connectivity index (χ2n) is 5.02. The predicted molar refractivity (Wildman–Crippen MR) is 85.7 cm³/mol. The zero-order valence-electron chi connectivity index (χ0n) is 12.1. The van der Waals surface area contributed by atoms with E-state index in [4.69, 9.17) is 16.3 Å². The van der Waals surface area contributed by atoms with E-state index < -0.39 is 0 Å². The lowest BCUT2D eigenvalue weighted by Gasteiger charge is -2.13. The van der Waals surface area contributed by atoms with Gasteiger partial charge in [0.05, 0.1) is 12.0 Å². The summed E-state index contributed by atoms with van der Waals surface area (Å²) in [5, 5.41) is -0.0266. The molecule has 0 aliphatic carbocycles. The van der Waals surface area contributed by atoms with Crippen LogP contribution >= 0.6 is 11.6 Å². The van der Waals surface area contributed by atoms with Gasteiger partial charge in [-0.15, -0.1) is 11.6 Å². The highest BCUT2D eigenvalue weighted by Gasteiger charge is 2.11. The monoisotopic (exact) mass is 288 g/mol. The molecule has 0 saturated carbocycles. The van der Waals surface area contributed by atoms with Crippen LogP contribution in [0.1, 0.15) is 35.4 Å². The van der Waals surface area contributed by atoms with Crippen molar-refractivity contribution in [3.8, 4) is 5.75 Å². The highest BCUT2D eigenvalue weighted by Crippen LogP contribution is 2.28. The van der Waals surface area contributed by atoms with Gasteiger partial charge in [-0.05, 0) is 48.6 Å². The maximum Gasteiger partial charge on any atom is 0.119 e. The predicted octanol–water partition coefficient (Wildman–Crippen LogP) is 5.31. The molecule has 20 heavy (non-hydrogen) atoms. The topological polar surface area (TPSA) is 9.23 Å². The number of rotatable bonds is 6. The van der Waals surface area contributed by atoms with Gasteiger partial charge in [-0.1, -0.05) is 43.3 Å². The van der Waals surface area contributed by atoms with Gasteiger partial charge in [0.25, 0.3) is 0 Å². The number of aryl methyl sites for hydroxylation is 1. The average Bonchev–Trinajstić information content (AvgIpc) is 2.48. The van der Waals surface area contributed by atoms with Crippen LogP contribution in [-0.4, -0.2) is 6.61 Å². The van der Waals surface area contributed by atoms with Crippen LogP contribution in [0.15, 0.2) is 48.5 Å². The summed E-state index contributed by atoms with van der Waals surface area (Å²) < 4.78 is 5.66. The van der Waals surface area contributed by atoms with Crippen molar-refractivity contribution in [2.45, 2.75) is 32.1 Å². The maximum absolute atomic E-state index is 6.56. The lowest BCUT2D eigenvalue weighted by molar-refractivity contribution is 0.317. The summed E-state index contributed by atoms with van der Waals surface area (Å²) in [4.78, 5) is 0. The van der Waals surface area contributed by atoms with Gasteiger partial charge in [-0.25, -0.2) is 0 Å². The third-order valence-electron chi connectivity index (χ3n) is 3.35. The Balaban J connectivity index is 2.09. The number of halogens is 1. The molecule has 0 N–H and O–H groups in total. The summed E-state index contributed by atoms with van der Waals surface area (Å²) in [7, 11) is 0. The van der Waals surface area contributed by atoms with E-state index in [1.54, 1.807) is 0 Å². The van der Waals surface area contributed by atoms with Crippen LogP contribution in [0.3, 0.4) is 0 Å². The first-order valence-electron chi connectivity index (χ1n) is 7.12. The zero-order chi connectivity index (χ0) is 14.4. The molecule has 0 amide bonds. The summed E-state index contributed by atoms with van der Waals surface area (Å²) in [6, 6.07) is 16.5. The quantitative estimate of drug-likeness (QED) is 0.655. The van der Waals surface area contributed by atoms with Crippen LogP contribution in [0.25, 0.3) is 0 Å². The third-order valence-corrected chi connectivity index (χ3v) is 3.76. The molecule has 2 aromatic rings. The lowest BCUT2D eigenvalue weighted by Crippen LogP contribution is -2.00. The molecular formula is C18H21ClO. The molecular weight excluding hydrogens is 268 g/mol. The van der Waals surface area contributed by atoms with Gasteiger partial charge in [-0.3, -0.25) is 0 Å². The van der Waals surface area contributed by atoms with Crippen molar-refractivity contribution in [2.24, 2.45) is 0 Å². The van der Waals surface area contributed by atoms with E-state index in [2.05, 4.69) is 44.2 Å². The summed E-state index contributed by atoms with van der Waals surface area (Å²) >= 11 is 6.56. The molecule has 106 valence electrons. The second kappa shape index (κ2) is 7.35. The molecule has 0 bridgehead atoms. The van der Waals surface area contributed by atoms with Crippen molar-refractivity contribution in [3.05, 3.63) is 65.2 Å². The molecule has 0 aliphatic heterocycles. The van der Waals surface area contributed by atoms with Crippen molar-refractivity contribution in [2.75, 3.05) is 6.61 Å². The molecule has 0 aliphatic rings. The van der Waals surface area contributed by atoms with Gasteiger partial charge in [0.15, 0.2) is 0 Å². The van der Waals surface area contributed by atoms with E-state index in [9.17, 15) is 0 Å². The first-order chi connectivity index (χ1) is 9.70. The SMILES string of the molecule is CCCOc1cccc(C(Cl)Cc2ccccc2C)c1. The smallest absolute Gasteiger partial charge is 0.119 e. The van der Waals surface area contributed by atoms with Crippen LogP contribution in [0, 0.1) is 6.92 Å².